The summed E-state index contributed by atoms with van der Waals surface area (Å²) in [6.45, 7) is 1.75. The van der Waals surface area contributed by atoms with Crippen molar-refractivity contribution >= 4 is 16.6 Å². The summed E-state index contributed by atoms with van der Waals surface area (Å²) in [5.41, 5.74) is 10.6. The summed E-state index contributed by atoms with van der Waals surface area (Å²) in [6, 6.07) is 2.26. The first kappa shape index (κ1) is 13.8. The van der Waals surface area contributed by atoms with E-state index in [0.29, 0.717) is 0 Å². The lowest BCUT2D eigenvalue weighted by atomic mass is 9.71. The lowest BCUT2D eigenvalue weighted by Crippen LogP contribution is -2.19. The number of fused-ring (bicyclic) bond motifs is 3. The standard InChI is InChI=1S/C22H24O/c1-13(23)20-12-14-6-4-9-17-15-7-2-3-8-16(15)18-10-5-11-19(20)22(18)21(14)17/h12H,2-11H2,1H3. The summed E-state index contributed by atoms with van der Waals surface area (Å²) < 4.78 is 0. The van der Waals surface area contributed by atoms with E-state index >= 15 is 0 Å². The van der Waals surface area contributed by atoms with E-state index in [1.165, 1.54) is 67.9 Å². The van der Waals surface area contributed by atoms with Crippen molar-refractivity contribution in [2.45, 2.75) is 71.1 Å². The van der Waals surface area contributed by atoms with Gasteiger partial charge in [-0.1, -0.05) is 0 Å². The topological polar surface area (TPSA) is 17.1 Å². The van der Waals surface area contributed by atoms with E-state index in [1.54, 1.807) is 34.6 Å². The number of ketones is 1. The summed E-state index contributed by atoms with van der Waals surface area (Å²) in [5.74, 6) is 0.260. The fraction of sp³-hybridized carbons (Fsp3) is 0.500. The van der Waals surface area contributed by atoms with Crippen molar-refractivity contribution in [3.8, 4) is 0 Å². The molecule has 1 heteroatoms. The predicted octanol–water partition coefficient (Wildman–Crippen LogP) is 4.90. The van der Waals surface area contributed by atoms with Gasteiger partial charge in [0.2, 0.25) is 0 Å². The number of carbonyl (C=O) groups is 1. The van der Waals surface area contributed by atoms with Crippen molar-refractivity contribution in [1.82, 2.24) is 0 Å². The van der Waals surface area contributed by atoms with Crippen molar-refractivity contribution in [1.29, 1.82) is 0 Å². The zero-order valence-corrected chi connectivity index (χ0v) is 14.1. The molecule has 0 atom stereocenters. The van der Waals surface area contributed by atoms with Crippen molar-refractivity contribution < 1.29 is 4.79 Å². The van der Waals surface area contributed by atoms with Crippen LogP contribution in [0.5, 0.6) is 0 Å². The van der Waals surface area contributed by atoms with Crippen LogP contribution in [0.3, 0.4) is 0 Å². The number of benzene rings is 2. The molecule has 0 aromatic heterocycles. The smallest absolute Gasteiger partial charge is 0.160 e. The molecule has 0 unspecified atom stereocenters. The fourth-order valence-electron chi connectivity index (χ4n) is 5.55. The van der Waals surface area contributed by atoms with Crippen LogP contribution in [0.4, 0.5) is 0 Å². The molecule has 5 rings (SSSR count). The van der Waals surface area contributed by atoms with Gasteiger partial charge in [-0.25, -0.2) is 0 Å². The van der Waals surface area contributed by atoms with Gasteiger partial charge in [0.15, 0.2) is 5.78 Å². The van der Waals surface area contributed by atoms with Crippen LogP contribution >= 0.6 is 0 Å². The first-order valence-corrected chi connectivity index (χ1v) is 9.40. The number of hydrogen-bond acceptors (Lipinski definition) is 1. The summed E-state index contributed by atoms with van der Waals surface area (Å²) in [6.07, 6.45) is 12.5. The van der Waals surface area contributed by atoms with Gasteiger partial charge in [0, 0.05) is 5.56 Å². The number of carbonyl (C=O) groups excluding carboxylic acids is 1. The molecule has 0 bridgehead atoms. The zero-order chi connectivity index (χ0) is 15.6. The maximum Gasteiger partial charge on any atom is 0.160 e. The van der Waals surface area contributed by atoms with E-state index in [4.69, 9.17) is 0 Å². The predicted molar refractivity (Wildman–Crippen MR) is 94.6 cm³/mol. The van der Waals surface area contributed by atoms with E-state index in [9.17, 15) is 4.79 Å². The third-order valence-electron chi connectivity index (χ3n) is 6.42. The van der Waals surface area contributed by atoms with Crippen LogP contribution in [0.2, 0.25) is 0 Å². The SMILES string of the molecule is CC(=O)c1cc2c3c(c4c(c5c3c1CCC5)CCCC4)CCC2. The first-order valence-electron chi connectivity index (χ1n) is 9.40. The highest BCUT2D eigenvalue weighted by Crippen LogP contribution is 2.45. The third-order valence-corrected chi connectivity index (χ3v) is 6.42. The number of rotatable bonds is 1. The van der Waals surface area contributed by atoms with Crippen LogP contribution in [-0.2, 0) is 38.5 Å². The van der Waals surface area contributed by atoms with Crippen molar-refractivity contribution in [3.05, 3.63) is 45.0 Å². The van der Waals surface area contributed by atoms with Crippen LogP contribution in [0, 0.1) is 0 Å². The average Bonchev–Trinajstić information content (AvgIpc) is 2.60. The summed E-state index contributed by atoms with van der Waals surface area (Å²) in [5, 5.41) is 3.10. The Bertz CT molecular complexity index is 857. The molecule has 0 spiro atoms. The highest BCUT2D eigenvalue weighted by molar-refractivity contribution is 6.06. The van der Waals surface area contributed by atoms with Gasteiger partial charge in [-0.2, -0.15) is 0 Å². The Morgan fingerprint density at radius 1 is 0.696 bits per heavy atom. The van der Waals surface area contributed by atoms with Gasteiger partial charge in [-0.05, 0) is 121 Å². The average molecular weight is 304 g/mol. The lowest BCUT2D eigenvalue weighted by Gasteiger charge is -2.33. The summed E-state index contributed by atoms with van der Waals surface area (Å²) >= 11 is 0. The van der Waals surface area contributed by atoms with Gasteiger partial charge >= 0.3 is 0 Å². The molecule has 0 saturated carbocycles. The molecular weight excluding hydrogens is 280 g/mol. The van der Waals surface area contributed by atoms with E-state index in [0.717, 1.165) is 18.4 Å². The Morgan fingerprint density at radius 2 is 1.26 bits per heavy atom. The molecule has 2 aromatic rings. The van der Waals surface area contributed by atoms with E-state index < -0.39 is 0 Å². The maximum atomic E-state index is 12.3. The Morgan fingerprint density at radius 3 is 1.96 bits per heavy atom. The molecule has 3 aliphatic rings. The summed E-state index contributed by atoms with van der Waals surface area (Å²) in [4.78, 5) is 12.3. The molecular formula is C22H24O. The van der Waals surface area contributed by atoms with Crippen LogP contribution in [0.25, 0.3) is 10.8 Å². The molecule has 0 fully saturated rings. The van der Waals surface area contributed by atoms with Crippen LogP contribution in [0.15, 0.2) is 6.07 Å². The maximum absolute atomic E-state index is 12.3. The molecule has 23 heavy (non-hydrogen) atoms. The van der Waals surface area contributed by atoms with Crippen molar-refractivity contribution in [3.63, 3.8) is 0 Å². The molecule has 2 aromatic carbocycles. The Labute approximate surface area is 138 Å². The lowest BCUT2D eigenvalue weighted by molar-refractivity contribution is 0.101. The zero-order valence-electron chi connectivity index (χ0n) is 14.1. The normalized spacial score (nSPS) is 18.8. The fourth-order valence-corrected chi connectivity index (χ4v) is 5.55. The molecule has 1 nitrogen and oxygen atoms in total. The van der Waals surface area contributed by atoms with Gasteiger partial charge < -0.3 is 0 Å². The number of hydrogen-bond donors (Lipinski definition) is 0. The Hall–Kier alpha value is -1.63. The minimum Gasteiger partial charge on any atom is -0.295 e. The minimum absolute atomic E-state index is 0.260. The number of Topliss-reactive ketones (excluding diaryl/α,β-unsaturated/α-hetero) is 1. The summed E-state index contributed by atoms with van der Waals surface area (Å²) in [7, 11) is 0. The molecule has 118 valence electrons. The van der Waals surface area contributed by atoms with Crippen molar-refractivity contribution in [2.75, 3.05) is 0 Å². The Kier molecular flexibility index (Phi) is 2.95. The third kappa shape index (κ3) is 1.83. The second kappa shape index (κ2) is 4.93. The molecule has 0 saturated heterocycles. The highest BCUT2D eigenvalue weighted by Gasteiger charge is 2.29. The van der Waals surface area contributed by atoms with E-state index in [2.05, 4.69) is 6.07 Å². The molecule has 3 aliphatic carbocycles. The van der Waals surface area contributed by atoms with Gasteiger partial charge in [0.25, 0.3) is 0 Å². The van der Waals surface area contributed by atoms with Gasteiger partial charge in [-0.15, -0.1) is 0 Å². The van der Waals surface area contributed by atoms with Gasteiger partial charge in [0.1, 0.15) is 0 Å². The Balaban J connectivity index is 1.99. The van der Waals surface area contributed by atoms with Crippen LogP contribution in [0.1, 0.15) is 76.3 Å². The van der Waals surface area contributed by atoms with Gasteiger partial charge in [0.05, 0.1) is 0 Å². The van der Waals surface area contributed by atoms with Crippen LogP contribution < -0.4 is 0 Å². The monoisotopic (exact) mass is 304 g/mol. The van der Waals surface area contributed by atoms with Crippen LogP contribution in [-0.4, -0.2) is 5.78 Å². The molecule has 0 aliphatic heterocycles. The molecule has 0 N–H and O–H groups in total. The second-order valence-electron chi connectivity index (χ2n) is 7.70. The molecule has 0 radical (unpaired) electrons. The largest absolute Gasteiger partial charge is 0.295 e. The highest BCUT2D eigenvalue weighted by atomic mass is 16.1. The molecule has 0 amide bonds. The van der Waals surface area contributed by atoms with Gasteiger partial charge in [-0.3, -0.25) is 4.79 Å². The number of aryl methyl sites for hydroxylation is 4. The van der Waals surface area contributed by atoms with Crippen molar-refractivity contribution in [2.24, 2.45) is 0 Å². The molecule has 0 heterocycles. The first-order chi connectivity index (χ1) is 11.3. The minimum atomic E-state index is 0.260. The van der Waals surface area contributed by atoms with E-state index in [1.807, 2.05) is 0 Å². The second-order valence-corrected chi connectivity index (χ2v) is 7.70. The van der Waals surface area contributed by atoms with E-state index in [-0.39, 0.29) is 5.78 Å². The quantitative estimate of drug-likeness (QED) is 0.685.